The van der Waals surface area contributed by atoms with E-state index in [0.29, 0.717) is 43.2 Å². The van der Waals surface area contributed by atoms with Crippen LogP contribution in [0.2, 0.25) is 0 Å². The summed E-state index contributed by atoms with van der Waals surface area (Å²) < 4.78 is 18.7. The van der Waals surface area contributed by atoms with Crippen LogP contribution in [0.15, 0.2) is 35.7 Å². The minimum absolute atomic E-state index is 0.00682. The van der Waals surface area contributed by atoms with Crippen LogP contribution in [0.1, 0.15) is 26.5 Å². The van der Waals surface area contributed by atoms with Crippen molar-refractivity contribution in [2.45, 2.75) is 6.42 Å². The highest BCUT2D eigenvalue weighted by Crippen LogP contribution is 2.22. The average Bonchev–Trinajstić information content (AvgIpc) is 3.05. The summed E-state index contributed by atoms with van der Waals surface area (Å²) >= 11 is 1.41. The van der Waals surface area contributed by atoms with Crippen LogP contribution in [0.5, 0.6) is 5.75 Å². The van der Waals surface area contributed by atoms with E-state index in [9.17, 15) is 14.0 Å². The summed E-state index contributed by atoms with van der Waals surface area (Å²) in [6, 6.07) is 7.56. The van der Waals surface area contributed by atoms with Gasteiger partial charge in [0.2, 0.25) is 0 Å². The fourth-order valence-electron chi connectivity index (χ4n) is 2.90. The molecule has 1 saturated heterocycles. The van der Waals surface area contributed by atoms with Crippen molar-refractivity contribution < 1.29 is 18.7 Å². The summed E-state index contributed by atoms with van der Waals surface area (Å²) in [6.07, 6.45) is 0.681. The Morgan fingerprint density at radius 3 is 2.44 bits per heavy atom. The lowest BCUT2D eigenvalue weighted by atomic mass is 10.1. The first-order chi connectivity index (χ1) is 12.1. The molecular formula is C18H19FN2O3S. The molecule has 1 fully saturated rings. The van der Waals surface area contributed by atoms with Gasteiger partial charge in [0.05, 0.1) is 17.6 Å². The summed E-state index contributed by atoms with van der Waals surface area (Å²) in [6.45, 7) is 1.99. The Bertz CT molecular complexity index is 764. The zero-order chi connectivity index (χ0) is 17.8. The first kappa shape index (κ1) is 17.4. The van der Waals surface area contributed by atoms with E-state index in [1.54, 1.807) is 15.9 Å². The van der Waals surface area contributed by atoms with Gasteiger partial charge < -0.3 is 14.5 Å². The van der Waals surface area contributed by atoms with E-state index in [0.717, 1.165) is 0 Å². The molecule has 0 atom stereocenters. The molecule has 3 rings (SSSR count). The molecule has 0 aliphatic carbocycles. The van der Waals surface area contributed by atoms with Crippen molar-refractivity contribution in [3.63, 3.8) is 0 Å². The van der Waals surface area contributed by atoms with Crippen LogP contribution in [-0.2, 0) is 0 Å². The summed E-state index contributed by atoms with van der Waals surface area (Å²) in [5, 5.41) is 1.87. The molecule has 1 aromatic heterocycles. The molecular weight excluding hydrogens is 343 g/mol. The number of nitrogens with zero attached hydrogens (tertiary/aromatic N) is 2. The first-order valence-corrected chi connectivity index (χ1v) is 8.93. The van der Waals surface area contributed by atoms with Crippen LogP contribution in [0.25, 0.3) is 0 Å². The number of methoxy groups -OCH3 is 1. The molecule has 0 spiro atoms. The molecule has 0 bridgehead atoms. The molecule has 0 radical (unpaired) electrons. The molecule has 132 valence electrons. The maximum Gasteiger partial charge on any atom is 0.263 e. The average molecular weight is 362 g/mol. The number of halogens is 1. The molecule has 5 nitrogen and oxygen atoms in total. The summed E-state index contributed by atoms with van der Waals surface area (Å²) in [5.74, 6) is -0.412. The third-order valence-electron chi connectivity index (χ3n) is 4.19. The fourth-order valence-corrected chi connectivity index (χ4v) is 3.59. The number of thiophene rings is 1. The fraction of sp³-hybridized carbons (Fsp3) is 0.333. The van der Waals surface area contributed by atoms with Gasteiger partial charge in [-0.25, -0.2) is 4.39 Å². The number of benzene rings is 1. The van der Waals surface area contributed by atoms with Crippen LogP contribution >= 0.6 is 11.3 Å². The third-order valence-corrected chi connectivity index (χ3v) is 5.05. The van der Waals surface area contributed by atoms with E-state index < -0.39 is 5.82 Å². The van der Waals surface area contributed by atoms with E-state index in [1.165, 1.54) is 36.6 Å². The van der Waals surface area contributed by atoms with Crippen molar-refractivity contribution in [2.75, 3.05) is 33.3 Å². The lowest BCUT2D eigenvalue weighted by Crippen LogP contribution is -2.37. The van der Waals surface area contributed by atoms with Gasteiger partial charge in [0.1, 0.15) is 11.6 Å². The second kappa shape index (κ2) is 7.65. The Balaban J connectivity index is 1.72. The Kier molecular flexibility index (Phi) is 5.33. The maximum atomic E-state index is 13.5. The summed E-state index contributed by atoms with van der Waals surface area (Å²) in [5.41, 5.74) is 0.209. The van der Waals surface area contributed by atoms with Gasteiger partial charge in [-0.05, 0) is 36.1 Å². The predicted molar refractivity (Wildman–Crippen MR) is 93.7 cm³/mol. The Morgan fingerprint density at radius 2 is 1.80 bits per heavy atom. The second-order valence-electron chi connectivity index (χ2n) is 5.76. The van der Waals surface area contributed by atoms with Gasteiger partial charge in [-0.2, -0.15) is 0 Å². The van der Waals surface area contributed by atoms with Crippen molar-refractivity contribution >= 4 is 23.2 Å². The van der Waals surface area contributed by atoms with Crippen LogP contribution in [-0.4, -0.2) is 54.9 Å². The van der Waals surface area contributed by atoms with Crippen LogP contribution in [0, 0.1) is 5.82 Å². The van der Waals surface area contributed by atoms with E-state index in [-0.39, 0.29) is 17.4 Å². The van der Waals surface area contributed by atoms with E-state index in [4.69, 9.17) is 4.74 Å². The minimum atomic E-state index is -0.478. The lowest BCUT2D eigenvalue weighted by molar-refractivity contribution is 0.0719. The van der Waals surface area contributed by atoms with Gasteiger partial charge in [-0.3, -0.25) is 9.59 Å². The highest BCUT2D eigenvalue weighted by molar-refractivity contribution is 7.12. The lowest BCUT2D eigenvalue weighted by Gasteiger charge is -2.22. The van der Waals surface area contributed by atoms with Gasteiger partial charge in [0.25, 0.3) is 11.8 Å². The number of amides is 2. The normalized spacial score (nSPS) is 15.0. The smallest absolute Gasteiger partial charge is 0.263 e. The molecule has 1 aliphatic heterocycles. The molecule has 0 N–H and O–H groups in total. The quantitative estimate of drug-likeness (QED) is 0.844. The van der Waals surface area contributed by atoms with E-state index >= 15 is 0 Å². The van der Waals surface area contributed by atoms with Crippen LogP contribution in [0.4, 0.5) is 4.39 Å². The number of carbonyl (C=O) groups is 2. The molecule has 7 heteroatoms. The van der Waals surface area contributed by atoms with Crippen LogP contribution in [0.3, 0.4) is 0 Å². The van der Waals surface area contributed by atoms with Crippen LogP contribution < -0.4 is 4.74 Å². The monoisotopic (exact) mass is 362 g/mol. The Labute approximate surface area is 149 Å². The van der Waals surface area contributed by atoms with Crippen molar-refractivity contribution in [3.05, 3.63) is 52.0 Å². The Hall–Kier alpha value is -2.41. The summed E-state index contributed by atoms with van der Waals surface area (Å²) in [4.78, 5) is 29.4. The number of hydrogen-bond donors (Lipinski definition) is 0. The van der Waals surface area contributed by atoms with Crippen molar-refractivity contribution in [3.8, 4) is 5.75 Å². The molecule has 1 aromatic carbocycles. The van der Waals surface area contributed by atoms with Gasteiger partial charge >= 0.3 is 0 Å². The highest BCUT2D eigenvalue weighted by Gasteiger charge is 2.25. The van der Waals surface area contributed by atoms with Gasteiger partial charge in [0, 0.05) is 26.2 Å². The highest BCUT2D eigenvalue weighted by atomic mass is 32.1. The number of hydrogen-bond acceptors (Lipinski definition) is 4. The van der Waals surface area contributed by atoms with E-state index in [2.05, 4.69) is 0 Å². The van der Waals surface area contributed by atoms with Crippen molar-refractivity contribution in [1.82, 2.24) is 9.80 Å². The molecule has 0 saturated carbocycles. The largest absolute Gasteiger partial charge is 0.496 e. The molecule has 1 aliphatic rings. The second-order valence-corrected chi connectivity index (χ2v) is 6.71. The van der Waals surface area contributed by atoms with Crippen molar-refractivity contribution in [2.24, 2.45) is 0 Å². The molecule has 25 heavy (non-hydrogen) atoms. The summed E-state index contributed by atoms with van der Waals surface area (Å²) in [7, 11) is 1.45. The Morgan fingerprint density at radius 1 is 1.08 bits per heavy atom. The maximum absolute atomic E-state index is 13.5. The zero-order valence-electron chi connectivity index (χ0n) is 13.9. The topological polar surface area (TPSA) is 49.9 Å². The minimum Gasteiger partial charge on any atom is -0.496 e. The standard InChI is InChI=1S/C18H19FN2O3S/c1-24-15-6-5-13(19)12-14(15)17(22)20-7-3-8-21(10-9-20)18(23)16-4-2-11-25-16/h2,4-6,11-12H,3,7-10H2,1H3. The number of rotatable bonds is 3. The predicted octanol–water partition coefficient (Wildman–Crippen LogP) is 2.88. The molecule has 2 heterocycles. The zero-order valence-corrected chi connectivity index (χ0v) is 14.7. The number of ether oxygens (including phenoxy) is 1. The van der Waals surface area contributed by atoms with Crippen molar-refractivity contribution in [1.29, 1.82) is 0 Å². The van der Waals surface area contributed by atoms with Gasteiger partial charge in [0.15, 0.2) is 0 Å². The first-order valence-electron chi connectivity index (χ1n) is 8.05. The molecule has 2 aromatic rings. The third kappa shape index (κ3) is 3.82. The van der Waals surface area contributed by atoms with Gasteiger partial charge in [-0.15, -0.1) is 11.3 Å². The molecule has 0 unspecified atom stereocenters. The van der Waals surface area contributed by atoms with E-state index in [1.807, 2.05) is 11.4 Å². The number of carbonyl (C=O) groups excluding carboxylic acids is 2. The SMILES string of the molecule is COc1ccc(F)cc1C(=O)N1CCCN(C(=O)c2cccs2)CC1. The molecule has 2 amide bonds. The van der Waals surface area contributed by atoms with Gasteiger partial charge in [-0.1, -0.05) is 6.07 Å².